The van der Waals surface area contributed by atoms with E-state index >= 15 is 0 Å². The lowest BCUT2D eigenvalue weighted by atomic mass is 9.73. The lowest BCUT2D eigenvalue weighted by molar-refractivity contribution is 0.0686. The summed E-state index contributed by atoms with van der Waals surface area (Å²) in [4.78, 5) is 24.8. The molecule has 3 aromatic carbocycles. The van der Waals surface area contributed by atoms with Gasteiger partial charge in [0.2, 0.25) is 0 Å². The molecule has 0 unspecified atom stereocenters. The Labute approximate surface area is 214 Å². The first kappa shape index (κ1) is 25.7. The summed E-state index contributed by atoms with van der Waals surface area (Å²) >= 11 is 0. The van der Waals surface area contributed by atoms with E-state index in [9.17, 15) is 19.8 Å². The molecule has 36 heavy (non-hydrogen) atoms. The third kappa shape index (κ3) is 5.09. The predicted molar refractivity (Wildman–Crippen MR) is 145 cm³/mol. The molecule has 0 aliphatic heterocycles. The maximum Gasteiger partial charge on any atom is 0.336 e. The first-order valence-electron chi connectivity index (χ1n) is 13.2. The lowest BCUT2D eigenvalue weighted by Gasteiger charge is -2.31. The Kier molecular flexibility index (Phi) is 7.93. The lowest BCUT2D eigenvalue weighted by Crippen LogP contribution is -2.14. The topological polar surface area (TPSA) is 74.6 Å². The number of carbonyl (C=O) groups is 2. The molecule has 1 aliphatic rings. The molecule has 0 saturated heterocycles. The molecule has 0 heterocycles. The van der Waals surface area contributed by atoms with Crippen molar-refractivity contribution >= 4 is 11.9 Å². The van der Waals surface area contributed by atoms with Gasteiger partial charge in [0.05, 0.1) is 11.1 Å². The van der Waals surface area contributed by atoms with E-state index in [-0.39, 0.29) is 11.1 Å². The van der Waals surface area contributed by atoms with Gasteiger partial charge in [-0.25, -0.2) is 9.59 Å². The minimum atomic E-state index is -0.976. The monoisotopic (exact) mass is 484 g/mol. The molecule has 0 radical (unpaired) electrons. The third-order valence-electron chi connectivity index (χ3n) is 7.41. The van der Waals surface area contributed by atoms with E-state index in [1.54, 1.807) is 24.3 Å². The summed E-state index contributed by atoms with van der Waals surface area (Å²) in [6, 6.07) is 16.6. The Morgan fingerprint density at radius 3 is 1.83 bits per heavy atom. The molecule has 2 N–H and O–H groups in total. The van der Waals surface area contributed by atoms with Crippen molar-refractivity contribution in [1.29, 1.82) is 0 Å². The van der Waals surface area contributed by atoms with Crippen molar-refractivity contribution in [2.45, 2.75) is 71.6 Å². The fraction of sp³-hybridized carbons (Fsp3) is 0.375. The summed E-state index contributed by atoms with van der Waals surface area (Å²) in [6.45, 7) is 6.53. The number of rotatable bonds is 8. The number of carboxylic acid groups (broad SMARTS) is 2. The van der Waals surface area contributed by atoms with Crippen molar-refractivity contribution in [1.82, 2.24) is 0 Å². The average molecular weight is 485 g/mol. The summed E-state index contributed by atoms with van der Waals surface area (Å²) in [5, 5.41) is 20.3. The second kappa shape index (κ2) is 11.1. The van der Waals surface area contributed by atoms with Crippen LogP contribution in [-0.4, -0.2) is 22.2 Å². The number of aryl methyl sites for hydroxylation is 1. The van der Waals surface area contributed by atoms with Gasteiger partial charge >= 0.3 is 11.9 Å². The van der Waals surface area contributed by atoms with Crippen LogP contribution in [0.4, 0.5) is 0 Å². The fourth-order valence-corrected chi connectivity index (χ4v) is 5.92. The van der Waals surface area contributed by atoms with Crippen LogP contribution in [0.25, 0.3) is 22.3 Å². The van der Waals surface area contributed by atoms with Crippen LogP contribution in [0, 0.1) is 5.92 Å². The van der Waals surface area contributed by atoms with Crippen LogP contribution in [0.1, 0.15) is 96.2 Å². The Morgan fingerprint density at radius 2 is 1.33 bits per heavy atom. The zero-order valence-electron chi connectivity index (χ0n) is 21.5. The molecule has 0 bridgehead atoms. The summed E-state index contributed by atoms with van der Waals surface area (Å²) < 4.78 is 0. The first-order chi connectivity index (χ1) is 17.3. The van der Waals surface area contributed by atoms with Crippen molar-refractivity contribution < 1.29 is 19.8 Å². The number of benzene rings is 3. The van der Waals surface area contributed by atoms with Gasteiger partial charge in [0.25, 0.3) is 0 Å². The van der Waals surface area contributed by atoms with Gasteiger partial charge < -0.3 is 10.2 Å². The molecule has 4 heteroatoms. The van der Waals surface area contributed by atoms with Crippen LogP contribution in [0.5, 0.6) is 0 Å². The molecule has 4 nitrogen and oxygen atoms in total. The third-order valence-corrected chi connectivity index (χ3v) is 7.41. The molecule has 1 saturated carbocycles. The van der Waals surface area contributed by atoms with Crippen LogP contribution in [0.3, 0.4) is 0 Å². The second-order valence-electron chi connectivity index (χ2n) is 10.3. The normalized spacial score (nSPS) is 14.2. The molecule has 0 aromatic heterocycles. The molecular weight excluding hydrogens is 448 g/mol. The molecule has 1 aliphatic carbocycles. The minimum Gasteiger partial charge on any atom is -0.478 e. The Morgan fingerprint density at radius 1 is 0.806 bits per heavy atom. The quantitative estimate of drug-likeness (QED) is 0.338. The van der Waals surface area contributed by atoms with E-state index in [1.165, 1.54) is 17.5 Å². The molecule has 1 fully saturated rings. The van der Waals surface area contributed by atoms with E-state index in [2.05, 4.69) is 26.8 Å². The van der Waals surface area contributed by atoms with Crippen molar-refractivity contribution in [3.63, 3.8) is 0 Å². The number of carboxylic acids is 2. The highest BCUT2D eigenvalue weighted by atomic mass is 16.4. The van der Waals surface area contributed by atoms with E-state index in [1.807, 2.05) is 24.3 Å². The molecule has 188 valence electrons. The molecule has 4 rings (SSSR count). The summed E-state index contributed by atoms with van der Waals surface area (Å²) in [5.41, 5.74) is 7.20. The van der Waals surface area contributed by atoms with Crippen LogP contribution < -0.4 is 0 Å². The van der Waals surface area contributed by atoms with E-state index < -0.39 is 11.9 Å². The zero-order chi connectivity index (χ0) is 25.8. The summed E-state index contributed by atoms with van der Waals surface area (Å²) in [6.07, 6.45) is 7.30. The molecular formula is C32H36O4. The van der Waals surface area contributed by atoms with Gasteiger partial charge in [-0.1, -0.05) is 82.5 Å². The van der Waals surface area contributed by atoms with Crippen molar-refractivity contribution in [3.05, 3.63) is 82.4 Å². The molecule has 0 spiro atoms. The van der Waals surface area contributed by atoms with Gasteiger partial charge in [0.1, 0.15) is 0 Å². The van der Waals surface area contributed by atoms with E-state index in [0.717, 1.165) is 55.2 Å². The first-order valence-corrected chi connectivity index (χ1v) is 13.2. The van der Waals surface area contributed by atoms with E-state index in [0.29, 0.717) is 23.0 Å². The predicted octanol–water partition coefficient (Wildman–Crippen LogP) is 8.23. The SMILES string of the molecule is CCc1cc(CC(C)C)c(C2CCCCC2)c(-c2ccccc2C(=O)O)c1-c1ccccc1C(=O)O. The van der Waals surface area contributed by atoms with Crippen LogP contribution in [0.2, 0.25) is 0 Å². The van der Waals surface area contributed by atoms with Gasteiger partial charge in [0.15, 0.2) is 0 Å². The van der Waals surface area contributed by atoms with Crippen molar-refractivity contribution in [2.24, 2.45) is 5.92 Å². The Hall–Kier alpha value is -3.40. The van der Waals surface area contributed by atoms with Crippen LogP contribution in [0.15, 0.2) is 54.6 Å². The van der Waals surface area contributed by atoms with Gasteiger partial charge in [-0.2, -0.15) is 0 Å². The number of hydrogen-bond acceptors (Lipinski definition) is 2. The highest BCUT2D eigenvalue weighted by Crippen LogP contribution is 2.48. The highest BCUT2D eigenvalue weighted by molar-refractivity contribution is 6.04. The van der Waals surface area contributed by atoms with Crippen LogP contribution in [-0.2, 0) is 12.8 Å². The van der Waals surface area contributed by atoms with Crippen molar-refractivity contribution in [2.75, 3.05) is 0 Å². The standard InChI is InChI=1S/C32H36O4/c1-4-21-19-23(18-20(2)3)28(22-12-6-5-7-13-22)30(25-15-9-11-17-27(25)32(35)36)29(21)24-14-8-10-16-26(24)31(33)34/h8-11,14-17,19-20,22H,4-7,12-13,18H2,1-3H3,(H,33,34)(H,35,36). The largest absolute Gasteiger partial charge is 0.478 e. The van der Waals surface area contributed by atoms with Gasteiger partial charge in [-0.3, -0.25) is 0 Å². The van der Waals surface area contributed by atoms with Crippen LogP contribution >= 0.6 is 0 Å². The molecule has 3 aromatic rings. The maximum atomic E-state index is 12.4. The summed E-state index contributed by atoms with van der Waals surface area (Å²) in [7, 11) is 0. The minimum absolute atomic E-state index is 0.243. The summed E-state index contributed by atoms with van der Waals surface area (Å²) in [5.74, 6) is -1.18. The van der Waals surface area contributed by atoms with Gasteiger partial charge in [-0.15, -0.1) is 0 Å². The molecule has 0 amide bonds. The van der Waals surface area contributed by atoms with Gasteiger partial charge in [0, 0.05) is 0 Å². The van der Waals surface area contributed by atoms with E-state index in [4.69, 9.17) is 0 Å². The van der Waals surface area contributed by atoms with Crippen molar-refractivity contribution in [3.8, 4) is 22.3 Å². The maximum absolute atomic E-state index is 12.4. The Balaban J connectivity index is 2.21. The molecule has 0 atom stereocenters. The number of hydrogen-bond donors (Lipinski definition) is 2. The second-order valence-corrected chi connectivity index (χ2v) is 10.3. The highest BCUT2D eigenvalue weighted by Gasteiger charge is 2.30. The zero-order valence-corrected chi connectivity index (χ0v) is 21.5. The Bertz CT molecular complexity index is 1270. The fourth-order valence-electron chi connectivity index (χ4n) is 5.92. The smallest absolute Gasteiger partial charge is 0.336 e. The van der Waals surface area contributed by atoms with Gasteiger partial charge in [-0.05, 0) is 88.6 Å². The number of aromatic carboxylic acids is 2. The average Bonchev–Trinajstić information content (AvgIpc) is 2.88.